The molecule has 1 unspecified atom stereocenters. The van der Waals surface area contributed by atoms with E-state index in [1.54, 1.807) is 0 Å². The Morgan fingerprint density at radius 2 is 2.46 bits per heavy atom. The van der Waals surface area contributed by atoms with Crippen molar-refractivity contribution >= 4 is 11.8 Å². The second-order valence-electron chi connectivity index (χ2n) is 3.53. The van der Waals surface area contributed by atoms with Crippen LogP contribution in [0.15, 0.2) is 35.7 Å². The zero-order valence-electron chi connectivity index (χ0n) is 7.92. The van der Waals surface area contributed by atoms with Gasteiger partial charge in [-0.1, -0.05) is 31.2 Å². The van der Waals surface area contributed by atoms with Gasteiger partial charge < -0.3 is 0 Å². The number of rotatable bonds is 2. The molecule has 0 saturated carbocycles. The molecule has 0 N–H and O–H groups in total. The van der Waals surface area contributed by atoms with Gasteiger partial charge in [0.1, 0.15) is 0 Å². The molecule has 1 aliphatic rings. The molecule has 1 heterocycles. The van der Waals surface area contributed by atoms with Crippen molar-refractivity contribution in [3.05, 3.63) is 42.0 Å². The Labute approximate surface area is 84.0 Å². The SMILES string of the molecule is C=CCc1cccc2c1SC(C)C2. The van der Waals surface area contributed by atoms with Crippen molar-refractivity contribution in [1.29, 1.82) is 0 Å². The van der Waals surface area contributed by atoms with Crippen LogP contribution in [0.2, 0.25) is 0 Å². The zero-order chi connectivity index (χ0) is 9.26. The predicted octanol–water partition coefficient (Wildman–Crippen LogP) is 3.45. The number of hydrogen-bond donors (Lipinski definition) is 0. The van der Waals surface area contributed by atoms with Gasteiger partial charge in [0.15, 0.2) is 0 Å². The van der Waals surface area contributed by atoms with Crippen molar-refractivity contribution < 1.29 is 0 Å². The third-order valence-corrected chi connectivity index (χ3v) is 3.70. The Morgan fingerprint density at radius 1 is 1.62 bits per heavy atom. The third kappa shape index (κ3) is 1.66. The second-order valence-corrected chi connectivity index (χ2v) is 4.98. The topological polar surface area (TPSA) is 0 Å². The van der Waals surface area contributed by atoms with Gasteiger partial charge in [-0.15, -0.1) is 18.3 Å². The minimum Gasteiger partial charge on any atom is -0.122 e. The van der Waals surface area contributed by atoms with E-state index in [1.165, 1.54) is 22.4 Å². The lowest BCUT2D eigenvalue weighted by atomic mass is 10.1. The van der Waals surface area contributed by atoms with Crippen molar-refractivity contribution in [2.24, 2.45) is 0 Å². The van der Waals surface area contributed by atoms with Crippen LogP contribution in [0.4, 0.5) is 0 Å². The monoisotopic (exact) mass is 190 g/mol. The van der Waals surface area contributed by atoms with Crippen molar-refractivity contribution in [2.75, 3.05) is 0 Å². The fourth-order valence-corrected chi connectivity index (χ4v) is 3.09. The van der Waals surface area contributed by atoms with Crippen LogP contribution in [-0.2, 0) is 12.8 Å². The summed E-state index contributed by atoms with van der Waals surface area (Å²) < 4.78 is 0. The van der Waals surface area contributed by atoms with Crippen molar-refractivity contribution in [3.63, 3.8) is 0 Å². The fraction of sp³-hybridized carbons (Fsp3) is 0.333. The quantitative estimate of drug-likeness (QED) is 0.644. The maximum Gasteiger partial charge on any atom is 0.0142 e. The van der Waals surface area contributed by atoms with Crippen LogP contribution in [0.25, 0.3) is 0 Å². The molecule has 1 atom stereocenters. The molecule has 0 aromatic heterocycles. The van der Waals surface area contributed by atoms with Crippen LogP contribution < -0.4 is 0 Å². The summed E-state index contributed by atoms with van der Waals surface area (Å²) in [4.78, 5) is 1.51. The molecule has 0 amide bonds. The lowest BCUT2D eigenvalue weighted by Crippen LogP contribution is -1.90. The highest BCUT2D eigenvalue weighted by molar-refractivity contribution is 8.00. The molecule has 0 nitrogen and oxygen atoms in total. The maximum atomic E-state index is 3.79. The lowest BCUT2D eigenvalue weighted by Gasteiger charge is -2.04. The van der Waals surface area contributed by atoms with Crippen molar-refractivity contribution in [1.82, 2.24) is 0 Å². The maximum absolute atomic E-state index is 3.79. The predicted molar refractivity (Wildman–Crippen MR) is 59.4 cm³/mol. The molecule has 68 valence electrons. The van der Waals surface area contributed by atoms with Gasteiger partial charge in [0, 0.05) is 10.1 Å². The summed E-state index contributed by atoms with van der Waals surface area (Å²) >= 11 is 2.01. The van der Waals surface area contributed by atoms with E-state index in [4.69, 9.17) is 0 Å². The van der Waals surface area contributed by atoms with Crippen molar-refractivity contribution in [3.8, 4) is 0 Å². The number of thioether (sulfide) groups is 1. The van der Waals surface area contributed by atoms with Crippen LogP contribution >= 0.6 is 11.8 Å². The molecule has 2 rings (SSSR count). The van der Waals surface area contributed by atoms with Gasteiger partial charge in [0.25, 0.3) is 0 Å². The Kier molecular flexibility index (Phi) is 2.45. The Balaban J connectivity index is 2.39. The molecule has 0 radical (unpaired) electrons. The number of benzene rings is 1. The van der Waals surface area contributed by atoms with Crippen molar-refractivity contribution in [2.45, 2.75) is 29.9 Å². The van der Waals surface area contributed by atoms with Gasteiger partial charge in [-0.2, -0.15) is 0 Å². The van der Waals surface area contributed by atoms with Crippen LogP contribution in [0.3, 0.4) is 0 Å². The summed E-state index contributed by atoms with van der Waals surface area (Å²) in [6, 6.07) is 6.63. The average molecular weight is 190 g/mol. The van der Waals surface area contributed by atoms with E-state index >= 15 is 0 Å². The molecular formula is C12H14S. The highest BCUT2D eigenvalue weighted by Gasteiger charge is 2.20. The average Bonchev–Trinajstić information content (AvgIpc) is 2.47. The van der Waals surface area contributed by atoms with E-state index in [9.17, 15) is 0 Å². The van der Waals surface area contributed by atoms with E-state index < -0.39 is 0 Å². The standard InChI is InChI=1S/C12H14S/c1-3-5-10-6-4-7-11-8-9(2)13-12(10)11/h3-4,6-7,9H,1,5,8H2,2H3. The minimum atomic E-state index is 0.751. The second kappa shape index (κ2) is 3.59. The number of hydrogen-bond acceptors (Lipinski definition) is 1. The molecule has 0 aliphatic carbocycles. The smallest absolute Gasteiger partial charge is 0.0142 e. The highest BCUT2D eigenvalue weighted by Crippen LogP contribution is 2.39. The normalized spacial score (nSPS) is 19.9. The van der Waals surface area contributed by atoms with Gasteiger partial charge in [0.2, 0.25) is 0 Å². The first-order valence-electron chi connectivity index (χ1n) is 4.69. The van der Waals surface area contributed by atoms with Gasteiger partial charge in [-0.25, -0.2) is 0 Å². The number of fused-ring (bicyclic) bond motifs is 1. The number of allylic oxidation sites excluding steroid dienone is 1. The molecule has 1 aliphatic heterocycles. The minimum absolute atomic E-state index is 0.751. The Hall–Kier alpha value is -0.690. The van der Waals surface area contributed by atoms with Gasteiger partial charge >= 0.3 is 0 Å². The summed E-state index contributed by atoms with van der Waals surface area (Å²) in [6.45, 7) is 6.09. The van der Waals surface area contributed by atoms with E-state index in [-0.39, 0.29) is 0 Å². The fourth-order valence-electron chi connectivity index (χ4n) is 1.82. The zero-order valence-corrected chi connectivity index (χ0v) is 8.73. The van der Waals surface area contributed by atoms with Gasteiger partial charge in [-0.3, -0.25) is 0 Å². The summed E-state index contributed by atoms with van der Waals surface area (Å²) in [7, 11) is 0. The first-order chi connectivity index (χ1) is 6.31. The first-order valence-corrected chi connectivity index (χ1v) is 5.57. The molecule has 13 heavy (non-hydrogen) atoms. The Bertz CT molecular complexity index is 328. The van der Waals surface area contributed by atoms with Gasteiger partial charge in [0.05, 0.1) is 0 Å². The van der Waals surface area contributed by atoms with E-state index in [2.05, 4.69) is 31.7 Å². The summed E-state index contributed by atoms with van der Waals surface area (Å²) in [5.74, 6) is 0. The summed E-state index contributed by atoms with van der Waals surface area (Å²) in [5, 5.41) is 0.751. The van der Waals surface area contributed by atoms with Crippen LogP contribution in [0, 0.1) is 0 Å². The molecular weight excluding hydrogens is 176 g/mol. The third-order valence-electron chi connectivity index (χ3n) is 2.37. The first kappa shape index (κ1) is 8.89. The highest BCUT2D eigenvalue weighted by atomic mass is 32.2. The molecule has 0 fully saturated rings. The molecule has 0 bridgehead atoms. The largest absolute Gasteiger partial charge is 0.122 e. The van der Waals surface area contributed by atoms with E-state index in [0.29, 0.717) is 0 Å². The summed E-state index contributed by atoms with van der Waals surface area (Å²) in [6.07, 6.45) is 4.22. The molecule has 1 aromatic rings. The molecule has 0 spiro atoms. The van der Waals surface area contributed by atoms with E-state index in [0.717, 1.165) is 11.7 Å². The van der Waals surface area contributed by atoms with Crippen LogP contribution in [-0.4, -0.2) is 5.25 Å². The van der Waals surface area contributed by atoms with Gasteiger partial charge in [-0.05, 0) is 24.0 Å². The van der Waals surface area contributed by atoms with Crippen LogP contribution in [0.5, 0.6) is 0 Å². The molecule has 1 heteroatoms. The van der Waals surface area contributed by atoms with Crippen LogP contribution in [0.1, 0.15) is 18.1 Å². The Morgan fingerprint density at radius 3 is 3.23 bits per heavy atom. The summed E-state index contributed by atoms with van der Waals surface area (Å²) in [5.41, 5.74) is 2.97. The van der Waals surface area contributed by atoms with E-state index in [1.807, 2.05) is 17.8 Å². The lowest BCUT2D eigenvalue weighted by molar-refractivity contribution is 0.954. The molecule has 1 aromatic carbocycles. The molecule has 0 saturated heterocycles.